The fourth-order valence-corrected chi connectivity index (χ4v) is 2.52. The van der Waals surface area contributed by atoms with Crippen LogP contribution in [0.4, 0.5) is 5.69 Å². The number of carbonyl (C=O) groups excluding carboxylic acids is 1. The second-order valence-corrected chi connectivity index (χ2v) is 5.52. The van der Waals surface area contributed by atoms with Crippen LogP contribution in [0.3, 0.4) is 0 Å². The summed E-state index contributed by atoms with van der Waals surface area (Å²) in [4.78, 5) is 16.9. The summed E-state index contributed by atoms with van der Waals surface area (Å²) in [5.41, 5.74) is 3.76. The van der Waals surface area contributed by atoms with Crippen LogP contribution >= 0.6 is 0 Å². The molecule has 0 aliphatic rings. The van der Waals surface area contributed by atoms with Crippen LogP contribution in [0.2, 0.25) is 0 Å². The third-order valence-electron chi connectivity index (χ3n) is 3.67. The topological polar surface area (TPSA) is 51.2 Å². The highest BCUT2D eigenvalue weighted by molar-refractivity contribution is 6.04. The molecule has 0 spiro atoms. The Morgan fingerprint density at radius 3 is 2.52 bits per heavy atom. The summed E-state index contributed by atoms with van der Waals surface area (Å²) >= 11 is 0. The van der Waals surface area contributed by atoms with Gasteiger partial charge in [-0.1, -0.05) is 32.0 Å². The van der Waals surface area contributed by atoms with E-state index in [1.165, 1.54) is 7.11 Å². The average molecular weight is 286 g/mol. The van der Waals surface area contributed by atoms with Gasteiger partial charge in [0, 0.05) is 23.8 Å². The van der Waals surface area contributed by atoms with E-state index in [0.717, 1.165) is 27.8 Å². The smallest absolute Gasteiger partial charge is 0.253 e. The summed E-state index contributed by atoms with van der Waals surface area (Å²) in [6.07, 6.45) is -0.489. The van der Waals surface area contributed by atoms with Crippen molar-refractivity contribution in [3.05, 3.63) is 35.5 Å². The third kappa shape index (κ3) is 3.05. The predicted octanol–water partition coefficient (Wildman–Crippen LogP) is 3.64. The van der Waals surface area contributed by atoms with Crippen LogP contribution in [0.1, 0.15) is 37.9 Å². The first kappa shape index (κ1) is 15.4. The molecular weight excluding hydrogens is 264 g/mol. The molecule has 0 saturated carbocycles. The zero-order chi connectivity index (χ0) is 15.6. The van der Waals surface area contributed by atoms with E-state index in [9.17, 15) is 4.79 Å². The highest BCUT2D eigenvalue weighted by atomic mass is 16.5. The van der Waals surface area contributed by atoms with Gasteiger partial charge in [-0.2, -0.15) is 0 Å². The van der Waals surface area contributed by atoms with Gasteiger partial charge in [-0.05, 0) is 25.8 Å². The van der Waals surface area contributed by atoms with Crippen molar-refractivity contribution >= 4 is 22.5 Å². The number of nitrogens with one attached hydrogen (secondary N) is 1. The van der Waals surface area contributed by atoms with Crippen LogP contribution in [0.25, 0.3) is 10.9 Å². The van der Waals surface area contributed by atoms with E-state index < -0.39 is 6.10 Å². The van der Waals surface area contributed by atoms with Gasteiger partial charge < -0.3 is 10.1 Å². The van der Waals surface area contributed by atoms with Crippen molar-refractivity contribution in [3.63, 3.8) is 0 Å². The molecule has 1 atom stereocenters. The van der Waals surface area contributed by atoms with Gasteiger partial charge in [0.2, 0.25) is 0 Å². The Hall–Kier alpha value is -1.94. The van der Waals surface area contributed by atoms with Crippen molar-refractivity contribution < 1.29 is 9.53 Å². The quantitative estimate of drug-likeness (QED) is 0.933. The minimum absolute atomic E-state index is 0.143. The molecule has 0 fully saturated rings. The van der Waals surface area contributed by atoms with Gasteiger partial charge in [-0.15, -0.1) is 0 Å². The maximum atomic E-state index is 12.2. The summed E-state index contributed by atoms with van der Waals surface area (Å²) in [7, 11) is 1.53. The van der Waals surface area contributed by atoms with E-state index >= 15 is 0 Å². The third-order valence-corrected chi connectivity index (χ3v) is 3.67. The van der Waals surface area contributed by atoms with Crippen LogP contribution in [0.5, 0.6) is 0 Å². The molecule has 0 radical (unpaired) electrons. The number of nitrogens with zero attached hydrogens (tertiary/aromatic N) is 1. The zero-order valence-electron chi connectivity index (χ0n) is 13.2. The molecule has 0 unspecified atom stereocenters. The molecule has 2 aromatic rings. The molecular formula is C17H22N2O2. The normalized spacial score (nSPS) is 12.7. The second-order valence-electron chi connectivity index (χ2n) is 5.52. The van der Waals surface area contributed by atoms with Crippen molar-refractivity contribution in [2.75, 3.05) is 12.4 Å². The van der Waals surface area contributed by atoms with Gasteiger partial charge >= 0.3 is 0 Å². The van der Waals surface area contributed by atoms with E-state index in [1.807, 2.05) is 31.2 Å². The number of rotatable bonds is 4. The van der Waals surface area contributed by atoms with Gasteiger partial charge in [0.1, 0.15) is 6.10 Å². The fraction of sp³-hybridized carbons (Fsp3) is 0.412. The van der Waals surface area contributed by atoms with Gasteiger partial charge in [-0.3, -0.25) is 9.78 Å². The first-order valence-electron chi connectivity index (χ1n) is 7.18. The van der Waals surface area contributed by atoms with E-state index in [0.29, 0.717) is 0 Å². The number of amides is 1. The molecule has 0 saturated heterocycles. The maximum absolute atomic E-state index is 12.2. The monoisotopic (exact) mass is 286 g/mol. The molecule has 112 valence electrons. The molecule has 4 nitrogen and oxygen atoms in total. The lowest BCUT2D eigenvalue weighted by Crippen LogP contribution is -2.27. The average Bonchev–Trinajstić information content (AvgIpc) is 2.45. The molecule has 2 rings (SSSR count). The molecule has 1 heterocycles. The number of ether oxygens (including phenoxy) is 1. The Kier molecular flexibility index (Phi) is 4.58. The van der Waals surface area contributed by atoms with Crippen LogP contribution in [-0.4, -0.2) is 24.1 Å². The minimum atomic E-state index is -0.489. The summed E-state index contributed by atoms with van der Waals surface area (Å²) < 4.78 is 5.10. The SMILES string of the molecule is CO[C@H](C)C(=O)Nc1c(C(C)C)c(C)nc2ccccc12. The summed E-state index contributed by atoms with van der Waals surface area (Å²) in [6.45, 7) is 7.93. The summed E-state index contributed by atoms with van der Waals surface area (Å²) in [5.74, 6) is 0.130. The number of hydrogen-bond acceptors (Lipinski definition) is 3. The lowest BCUT2D eigenvalue weighted by atomic mass is 9.96. The van der Waals surface area contributed by atoms with Crippen LogP contribution in [-0.2, 0) is 9.53 Å². The van der Waals surface area contributed by atoms with Gasteiger partial charge in [0.25, 0.3) is 5.91 Å². The molecule has 21 heavy (non-hydrogen) atoms. The van der Waals surface area contributed by atoms with Crippen molar-refractivity contribution in [2.45, 2.75) is 39.7 Å². The van der Waals surface area contributed by atoms with Gasteiger partial charge in [0.15, 0.2) is 0 Å². The Bertz CT molecular complexity index is 665. The molecule has 1 N–H and O–H groups in total. The highest BCUT2D eigenvalue weighted by Crippen LogP contribution is 2.33. The molecule has 1 aromatic carbocycles. The number of carbonyl (C=O) groups is 1. The molecule has 0 aliphatic carbocycles. The largest absolute Gasteiger partial charge is 0.372 e. The van der Waals surface area contributed by atoms with Crippen molar-refractivity contribution in [3.8, 4) is 0 Å². The first-order valence-corrected chi connectivity index (χ1v) is 7.18. The fourth-order valence-electron chi connectivity index (χ4n) is 2.52. The molecule has 0 aliphatic heterocycles. The van der Waals surface area contributed by atoms with Crippen molar-refractivity contribution in [2.24, 2.45) is 0 Å². The summed E-state index contributed by atoms with van der Waals surface area (Å²) in [6, 6.07) is 7.86. The molecule has 1 aromatic heterocycles. The summed E-state index contributed by atoms with van der Waals surface area (Å²) in [5, 5.41) is 3.98. The number of benzene rings is 1. The number of hydrogen-bond donors (Lipinski definition) is 1. The molecule has 1 amide bonds. The minimum Gasteiger partial charge on any atom is -0.372 e. The molecule has 4 heteroatoms. The Morgan fingerprint density at radius 2 is 1.90 bits per heavy atom. The van der Waals surface area contributed by atoms with Crippen LogP contribution in [0.15, 0.2) is 24.3 Å². The van der Waals surface area contributed by atoms with E-state index in [4.69, 9.17) is 4.74 Å². The van der Waals surface area contributed by atoms with E-state index in [1.54, 1.807) is 6.92 Å². The number of aryl methyl sites for hydroxylation is 1. The number of anilines is 1. The van der Waals surface area contributed by atoms with Crippen LogP contribution in [0, 0.1) is 6.92 Å². The molecule has 0 bridgehead atoms. The van der Waals surface area contributed by atoms with Crippen molar-refractivity contribution in [1.29, 1.82) is 0 Å². The Labute approximate surface area is 125 Å². The Balaban J connectivity index is 2.62. The first-order chi connectivity index (χ1) is 9.95. The second kappa shape index (κ2) is 6.22. The van der Waals surface area contributed by atoms with Crippen molar-refractivity contribution in [1.82, 2.24) is 4.98 Å². The van der Waals surface area contributed by atoms with E-state index in [2.05, 4.69) is 24.1 Å². The number of aromatic nitrogens is 1. The zero-order valence-corrected chi connectivity index (χ0v) is 13.2. The standard InChI is InChI=1S/C17H22N2O2/c1-10(2)15-11(3)18-14-9-7-6-8-13(14)16(15)19-17(20)12(4)21-5/h6-10,12H,1-5H3,(H,18,19,20)/t12-/m1/s1. The number of pyridine rings is 1. The highest BCUT2D eigenvalue weighted by Gasteiger charge is 2.19. The number of fused-ring (bicyclic) bond motifs is 1. The number of para-hydroxylation sites is 1. The lowest BCUT2D eigenvalue weighted by Gasteiger charge is -2.20. The number of methoxy groups -OCH3 is 1. The van der Waals surface area contributed by atoms with E-state index in [-0.39, 0.29) is 11.8 Å². The van der Waals surface area contributed by atoms with Crippen LogP contribution < -0.4 is 5.32 Å². The maximum Gasteiger partial charge on any atom is 0.253 e. The lowest BCUT2D eigenvalue weighted by molar-refractivity contribution is -0.124. The Morgan fingerprint density at radius 1 is 1.24 bits per heavy atom. The predicted molar refractivity (Wildman–Crippen MR) is 85.7 cm³/mol. The van der Waals surface area contributed by atoms with Gasteiger partial charge in [-0.25, -0.2) is 0 Å². The van der Waals surface area contributed by atoms with Gasteiger partial charge in [0.05, 0.1) is 11.2 Å².